The molecule has 1 aliphatic heterocycles. The largest absolute Gasteiger partial charge is 0.492 e. The maximum Gasteiger partial charge on any atom is 0.338 e. The quantitative estimate of drug-likeness (QED) is 0.334. The van der Waals surface area contributed by atoms with Gasteiger partial charge in [0.15, 0.2) is 6.10 Å². The predicted octanol–water partition coefficient (Wildman–Crippen LogP) is 2.90. The molecular formula is C24H26N2O7. The topological polar surface area (TPSA) is 111 Å². The molecule has 9 nitrogen and oxygen atoms in total. The van der Waals surface area contributed by atoms with Crippen LogP contribution in [0.2, 0.25) is 0 Å². The fourth-order valence-electron chi connectivity index (χ4n) is 3.36. The highest BCUT2D eigenvalue weighted by Crippen LogP contribution is 2.26. The van der Waals surface area contributed by atoms with E-state index in [1.165, 1.54) is 25.1 Å². The van der Waals surface area contributed by atoms with Gasteiger partial charge >= 0.3 is 5.97 Å². The lowest BCUT2D eigenvalue weighted by molar-refractivity contribution is -0.123. The van der Waals surface area contributed by atoms with Crippen molar-refractivity contribution in [3.05, 3.63) is 59.2 Å². The minimum atomic E-state index is -1.11. The molecule has 2 aromatic rings. The van der Waals surface area contributed by atoms with Crippen LogP contribution in [0.1, 0.15) is 51.3 Å². The van der Waals surface area contributed by atoms with Crippen LogP contribution in [0.3, 0.4) is 0 Å². The Morgan fingerprint density at radius 2 is 1.79 bits per heavy atom. The number of ether oxygens (including phenoxy) is 3. The second kappa shape index (κ2) is 10.7. The zero-order chi connectivity index (χ0) is 24.0. The Labute approximate surface area is 191 Å². The number of imide groups is 1. The minimum Gasteiger partial charge on any atom is -0.492 e. The lowest BCUT2D eigenvalue weighted by Gasteiger charge is -2.15. The van der Waals surface area contributed by atoms with Crippen LogP contribution in [0.4, 0.5) is 5.69 Å². The highest BCUT2D eigenvalue weighted by Gasteiger charge is 2.36. The Bertz CT molecular complexity index is 1070. The number of para-hydroxylation sites is 2. The lowest BCUT2D eigenvalue weighted by Crippen LogP contribution is -2.31. The number of esters is 1. The van der Waals surface area contributed by atoms with Gasteiger partial charge in [0, 0.05) is 20.3 Å². The smallest absolute Gasteiger partial charge is 0.338 e. The fourth-order valence-corrected chi connectivity index (χ4v) is 3.36. The van der Waals surface area contributed by atoms with Crippen LogP contribution < -0.4 is 10.1 Å². The summed E-state index contributed by atoms with van der Waals surface area (Å²) >= 11 is 0. The van der Waals surface area contributed by atoms with Crippen LogP contribution in [0, 0.1) is 0 Å². The summed E-state index contributed by atoms with van der Waals surface area (Å²) < 4.78 is 15.7. The lowest BCUT2D eigenvalue weighted by atomic mass is 10.1. The van der Waals surface area contributed by atoms with Gasteiger partial charge in [0.1, 0.15) is 5.75 Å². The zero-order valence-corrected chi connectivity index (χ0v) is 18.8. The van der Waals surface area contributed by atoms with E-state index in [1.54, 1.807) is 31.4 Å². The highest BCUT2D eigenvalue weighted by atomic mass is 16.5. The first-order valence-electron chi connectivity index (χ1n) is 10.6. The van der Waals surface area contributed by atoms with Gasteiger partial charge in [0.05, 0.1) is 29.0 Å². The molecule has 33 heavy (non-hydrogen) atoms. The molecule has 1 aliphatic rings. The molecule has 9 heteroatoms. The van der Waals surface area contributed by atoms with Gasteiger partial charge in [-0.15, -0.1) is 0 Å². The number of nitrogens with zero attached hydrogens (tertiary/aromatic N) is 1. The van der Waals surface area contributed by atoms with Crippen LogP contribution >= 0.6 is 0 Å². The summed E-state index contributed by atoms with van der Waals surface area (Å²) in [6.45, 7) is 4.34. The van der Waals surface area contributed by atoms with E-state index in [4.69, 9.17) is 14.2 Å². The molecule has 1 unspecified atom stereocenters. The van der Waals surface area contributed by atoms with Gasteiger partial charge in [-0.1, -0.05) is 12.1 Å². The number of nitrogens with one attached hydrogen (secondary N) is 1. The first-order chi connectivity index (χ1) is 15.9. The van der Waals surface area contributed by atoms with Crippen molar-refractivity contribution in [2.45, 2.75) is 26.4 Å². The van der Waals surface area contributed by atoms with Crippen molar-refractivity contribution in [1.29, 1.82) is 0 Å². The van der Waals surface area contributed by atoms with E-state index in [0.29, 0.717) is 31.1 Å². The molecule has 2 aromatic carbocycles. The van der Waals surface area contributed by atoms with E-state index in [9.17, 15) is 19.2 Å². The Morgan fingerprint density at radius 1 is 1.06 bits per heavy atom. The van der Waals surface area contributed by atoms with Crippen LogP contribution in [-0.2, 0) is 14.3 Å². The number of amides is 3. The molecule has 0 saturated carbocycles. The average Bonchev–Trinajstić information content (AvgIpc) is 3.04. The molecule has 174 valence electrons. The number of fused-ring (bicyclic) bond motifs is 1. The summed E-state index contributed by atoms with van der Waals surface area (Å²) in [6, 6.07) is 11.1. The van der Waals surface area contributed by atoms with Gasteiger partial charge in [-0.2, -0.15) is 0 Å². The van der Waals surface area contributed by atoms with Crippen molar-refractivity contribution in [1.82, 2.24) is 4.90 Å². The molecule has 0 fully saturated rings. The predicted molar refractivity (Wildman–Crippen MR) is 119 cm³/mol. The molecule has 0 saturated heterocycles. The molecule has 0 bridgehead atoms. The second-order valence-electron chi connectivity index (χ2n) is 7.33. The standard InChI is InChI=1S/C24H26N2O7/c1-4-32-20-9-6-5-8-19(20)25-21(27)15(2)33-24(30)16-10-11-17-18(14-16)23(29)26(22(17)28)12-7-13-31-3/h5-6,8-11,14-15H,4,7,12-13H2,1-3H3,(H,25,27). The van der Waals surface area contributed by atoms with E-state index in [1.807, 2.05) is 6.92 Å². The normalized spacial score (nSPS) is 13.5. The maximum absolute atomic E-state index is 12.6. The Hall–Kier alpha value is -3.72. The maximum atomic E-state index is 12.6. The van der Waals surface area contributed by atoms with Crippen LogP contribution in [-0.4, -0.2) is 61.6 Å². The van der Waals surface area contributed by atoms with E-state index in [-0.39, 0.29) is 23.2 Å². The molecule has 3 rings (SSSR count). The number of hydrogen-bond acceptors (Lipinski definition) is 7. The van der Waals surface area contributed by atoms with Crippen LogP contribution in [0.15, 0.2) is 42.5 Å². The van der Waals surface area contributed by atoms with Crippen molar-refractivity contribution in [2.24, 2.45) is 0 Å². The number of carbonyl (C=O) groups excluding carboxylic acids is 4. The summed E-state index contributed by atoms with van der Waals surface area (Å²) in [6.07, 6.45) is -0.598. The van der Waals surface area contributed by atoms with E-state index in [0.717, 1.165) is 4.90 Å². The van der Waals surface area contributed by atoms with Crippen molar-refractivity contribution < 1.29 is 33.4 Å². The van der Waals surface area contributed by atoms with Gasteiger partial charge < -0.3 is 19.5 Å². The Balaban J connectivity index is 1.66. The van der Waals surface area contributed by atoms with Crippen molar-refractivity contribution in [3.8, 4) is 5.75 Å². The van der Waals surface area contributed by atoms with E-state index < -0.39 is 29.8 Å². The summed E-state index contributed by atoms with van der Waals surface area (Å²) in [4.78, 5) is 51.4. The van der Waals surface area contributed by atoms with Gasteiger partial charge in [-0.25, -0.2) is 4.79 Å². The SMILES string of the molecule is CCOc1ccccc1NC(=O)C(C)OC(=O)c1ccc2c(c1)C(=O)N(CCCOC)C2=O. The number of benzene rings is 2. The molecule has 0 aliphatic carbocycles. The third-order valence-electron chi connectivity index (χ3n) is 5.03. The third-order valence-corrected chi connectivity index (χ3v) is 5.03. The molecule has 1 atom stereocenters. The molecule has 1 heterocycles. The first-order valence-corrected chi connectivity index (χ1v) is 10.6. The minimum absolute atomic E-state index is 0.0722. The molecular weight excluding hydrogens is 428 g/mol. The van der Waals surface area contributed by atoms with Crippen molar-refractivity contribution in [2.75, 3.05) is 32.2 Å². The second-order valence-corrected chi connectivity index (χ2v) is 7.33. The summed E-state index contributed by atoms with van der Waals surface area (Å²) in [5.41, 5.74) is 0.896. The monoisotopic (exact) mass is 454 g/mol. The number of carbonyl (C=O) groups is 4. The van der Waals surface area contributed by atoms with Gasteiger partial charge in [0.2, 0.25) is 0 Å². The van der Waals surface area contributed by atoms with Gasteiger partial charge in [-0.05, 0) is 50.6 Å². The first kappa shape index (κ1) is 23.9. The number of rotatable bonds is 10. The van der Waals surface area contributed by atoms with Crippen molar-refractivity contribution >= 4 is 29.4 Å². The molecule has 3 amide bonds. The van der Waals surface area contributed by atoms with Crippen LogP contribution in [0.5, 0.6) is 5.75 Å². The Morgan fingerprint density at radius 3 is 2.52 bits per heavy atom. The zero-order valence-electron chi connectivity index (χ0n) is 18.8. The third kappa shape index (κ3) is 5.38. The van der Waals surface area contributed by atoms with Gasteiger partial charge in [-0.3, -0.25) is 19.3 Å². The van der Waals surface area contributed by atoms with Gasteiger partial charge in [0.25, 0.3) is 17.7 Å². The highest BCUT2D eigenvalue weighted by molar-refractivity contribution is 6.22. The van der Waals surface area contributed by atoms with Crippen LogP contribution in [0.25, 0.3) is 0 Å². The van der Waals surface area contributed by atoms with Crippen molar-refractivity contribution in [3.63, 3.8) is 0 Å². The molecule has 0 spiro atoms. The number of methoxy groups -OCH3 is 1. The molecule has 0 aromatic heterocycles. The molecule has 0 radical (unpaired) electrons. The molecule has 1 N–H and O–H groups in total. The number of hydrogen-bond donors (Lipinski definition) is 1. The average molecular weight is 454 g/mol. The van der Waals surface area contributed by atoms with E-state index in [2.05, 4.69) is 5.32 Å². The summed E-state index contributed by atoms with van der Waals surface area (Å²) in [5.74, 6) is -1.70. The van der Waals surface area contributed by atoms with E-state index >= 15 is 0 Å². The number of anilines is 1. The fraction of sp³-hybridized carbons (Fsp3) is 0.333. The Kier molecular flexibility index (Phi) is 7.78. The summed E-state index contributed by atoms with van der Waals surface area (Å²) in [7, 11) is 1.54. The summed E-state index contributed by atoms with van der Waals surface area (Å²) in [5, 5.41) is 2.68.